The number of likely N-dealkylation sites (tertiary alicyclic amines) is 2. The van der Waals surface area contributed by atoms with Crippen LogP contribution in [0.25, 0.3) is 0 Å². The largest absolute Gasteiger partial charge is 0.299 e. The molecule has 2 aliphatic rings. The first-order valence-corrected chi connectivity index (χ1v) is 7.83. The number of carbonyl (C=O) groups excluding carboxylic acids is 1. The Labute approximate surface area is 121 Å². The molecule has 0 N–H and O–H groups in total. The van der Waals surface area contributed by atoms with Crippen molar-refractivity contribution in [3.05, 3.63) is 35.9 Å². The Bertz CT molecular complexity index is 453. The molecule has 1 aromatic rings. The Hall–Kier alpha value is -1.19. The molecular weight excluding hydrogens is 248 g/mol. The zero-order chi connectivity index (χ0) is 13.9. The molecular formula is C17H24N2O. The van der Waals surface area contributed by atoms with Crippen molar-refractivity contribution in [2.24, 2.45) is 0 Å². The fraction of sp³-hybridized carbons (Fsp3) is 0.588. The van der Waals surface area contributed by atoms with Crippen molar-refractivity contribution in [2.45, 2.75) is 38.3 Å². The highest BCUT2D eigenvalue weighted by molar-refractivity contribution is 5.99. The molecule has 2 atom stereocenters. The van der Waals surface area contributed by atoms with Gasteiger partial charge in [-0.3, -0.25) is 14.6 Å². The van der Waals surface area contributed by atoms with E-state index in [9.17, 15) is 4.79 Å². The summed E-state index contributed by atoms with van der Waals surface area (Å²) in [6.07, 6.45) is 3.90. The van der Waals surface area contributed by atoms with Gasteiger partial charge >= 0.3 is 0 Å². The van der Waals surface area contributed by atoms with E-state index in [0.717, 1.165) is 18.7 Å². The van der Waals surface area contributed by atoms with Gasteiger partial charge < -0.3 is 0 Å². The first-order chi connectivity index (χ1) is 9.75. The summed E-state index contributed by atoms with van der Waals surface area (Å²) in [6.45, 7) is 6.67. The Morgan fingerprint density at radius 1 is 1.15 bits per heavy atom. The fourth-order valence-electron chi connectivity index (χ4n) is 3.53. The van der Waals surface area contributed by atoms with Gasteiger partial charge in [0.1, 0.15) is 0 Å². The van der Waals surface area contributed by atoms with Crippen LogP contribution in [-0.2, 0) is 0 Å². The van der Waals surface area contributed by atoms with Gasteiger partial charge in [0.2, 0.25) is 0 Å². The maximum Gasteiger partial charge on any atom is 0.179 e. The molecule has 0 bridgehead atoms. The second-order valence-corrected chi connectivity index (χ2v) is 6.09. The number of hydrogen-bond donors (Lipinski definition) is 0. The smallest absolute Gasteiger partial charge is 0.179 e. The third-order valence-electron chi connectivity index (χ3n) is 4.84. The molecule has 3 heteroatoms. The van der Waals surface area contributed by atoms with E-state index in [1.165, 1.54) is 32.4 Å². The summed E-state index contributed by atoms with van der Waals surface area (Å²) in [6, 6.07) is 10.4. The summed E-state index contributed by atoms with van der Waals surface area (Å²) in [5.74, 6) is 0.257. The number of hydrogen-bond acceptors (Lipinski definition) is 3. The van der Waals surface area contributed by atoms with Crippen molar-refractivity contribution in [3.8, 4) is 0 Å². The first-order valence-electron chi connectivity index (χ1n) is 7.83. The van der Waals surface area contributed by atoms with Crippen LogP contribution in [0.2, 0.25) is 0 Å². The van der Waals surface area contributed by atoms with Gasteiger partial charge in [-0.15, -0.1) is 0 Å². The molecule has 1 aromatic carbocycles. The Balaban J connectivity index is 1.61. The van der Waals surface area contributed by atoms with E-state index in [0.29, 0.717) is 6.04 Å². The quantitative estimate of drug-likeness (QED) is 0.787. The number of ketones is 1. The minimum atomic E-state index is 0.00463. The molecule has 3 rings (SSSR count). The van der Waals surface area contributed by atoms with E-state index in [4.69, 9.17) is 0 Å². The average Bonchev–Trinajstić information content (AvgIpc) is 3.17. The Morgan fingerprint density at radius 2 is 1.85 bits per heavy atom. The predicted molar refractivity (Wildman–Crippen MR) is 81.0 cm³/mol. The summed E-state index contributed by atoms with van der Waals surface area (Å²) in [5.41, 5.74) is 0.838. The average molecular weight is 272 g/mol. The molecule has 108 valence electrons. The SMILES string of the molecule is CC(C(=O)c1ccccc1)N1CCC(N2CCCC2)C1. The zero-order valence-electron chi connectivity index (χ0n) is 12.3. The van der Waals surface area contributed by atoms with E-state index < -0.39 is 0 Å². The van der Waals surface area contributed by atoms with Gasteiger partial charge in [0.05, 0.1) is 6.04 Å². The molecule has 0 aromatic heterocycles. The van der Waals surface area contributed by atoms with Crippen molar-refractivity contribution >= 4 is 5.78 Å². The van der Waals surface area contributed by atoms with Crippen molar-refractivity contribution < 1.29 is 4.79 Å². The monoisotopic (exact) mass is 272 g/mol. The highest BCUT2D eigenvalue weighted by Gasteiger charge is 2.33. The van der Waals surface area contributed by atoms with E-state index in [1.54, 1.807) is 0 Å². The van der Waals surface area contributed by atoms with Crippen LogP contribution in [-0.4, -0.2) is 53.8 Å². The highest BCUT2D eigenvalue weighted by Crippen LogP contribution is 2.23. The normalized spacial score (nSPS) is 25.9. The lowest BCUT2D eigenvalue weighted by molar-refractivity contribution is 0.0857. The lowest BCUT2D eigenvalue weighted by Crippen LogP contribution is -2.41. The third-order valence-corrected chi connectivity index (χ3v) is 4.84. The van der Waals surface area contributed by atoms with Crippen LogP contribution >= 0.6 is 0 Å². The number of Topliss-reactive ketones (excluding diaryl/α,β-unsaturated/α-hetero) is 1. The van der Waals surface area contributed by atoms with Crippen LogP contribution in [0.15, 0.2) is 30.3 Å². The standard InChI is InChI=1S/C17H24N2O/c1-14(17(20)15-7-3-2-4-8-15)19-12-9-16(13-19)18-10-5-6-11-18/h2-4,7-8,14,16H,5-6,9-13H2,1H3. The summed E-state index contributed by atoms with van der Waals surface area (Å²) < 4.78 is 0. The van der Waals surface area contributed by atoms with Crippen LogP contribution in [0.1, 0.15) is 36.5 Å². The van der Waals surface area contributed by atoms with Gasteiger partial charge in [-0.2, -0.15) is 0 Å². The van der Waals surface area contributed by atoms with Gasteiger partial charge in [0.15, 0.2) is 5.78 Å². The number of rotatable bonds is 4. The van der Waals surface area contributed by atoms with Crippen LogP contribution in [0.5, 0.6) is 0 Å². The van der Waals surface area contributed by atoms with Gasteiger partial charge in [-0.25, -0.2) is 0 Å². The topological polar surface area (TPSA) is 23.6 Å². The Kier molecular flexibility index (Phi) is 4.18. The van der Waals surface area contributed by atoms with Gasteiger partial charge in [-0.05, 0) is 39.3 Å². The third kappa shape index (κ3) is 2.79. The molecule has 2 aliphatic heterocycles. The van der Waals surface area contributed by atoms with E-state index in [1.807, 2.05) is 30.3 Å². The molecule has 0 saturated carbocycles. The maximum absolute atomic E-state index is 12.5. The van der Waals surface area contributed by atoms with Gasteiger partial charge in [0, 0.05) is 24.7 Å². The minimum absolute atomic E-state index is 0.00463. The molecule has 0 radical (unpaired) electrons. The summed E-state index contributed by atoms with van der Waals surface area (Å²) >= 11 is 0. The molecule has 2 fully saturated rings. The maximum atomic E-state index is 12.5. The van der Waals surface area contributed by atoms with Crippen LogP contribution < -0.4 is 0 Å². The molecule has 2 unspecified atom stereocenters. The molecule has 20 heavy (non-hydrogen) atoms. The number of carbonyl (C=O) groups is 1. The molecule has 0 amide bonds. The highest BCUT2D eigenvalue weighted by atomic mass is 16.1. The van der Waals surface area contributed by atoms with Crippen LogP contribution in [0.4, 0.5) is 0 Å². The van der Waals surface area contributed by atoms with Crippen LogP contribution in [0, 0.1) is 0 Å². The lowest BCUT2D eigenvalue weighted by atomic mass is 10.0. The van der Waals surface area contributed by atoms with Crippen molar-refractivity contribution in [3.63, 3.8) is 0 Å². The number of nitrogens with zero attached hydrogens (tertiary/aromatic N) is 2. The van der Waals surface area contributed by atoms with Crippen molar-refractivity contribution in [1.29, 1.82) is 0 Å². The second-order valence-electron chi connectivity index (χ2n) is 6.09. The van der Waals surface area contributed by atoms with Crippen molar-refractivity contribution in [1.82, 2.24) is 9.80 Å². The molecule has 0 aliphatic carbocycles. The second kappa shape index (κ2) is 6.06. The van der Waals surface area contributed by atoms with Crippen LogP contribution in [0.3, 0.4) is 0 Å². The summed E-state index contributed by atoms with van der Waals surface area (Å²) in [5, 5.41) is 0. The van der Waals surface area contributed by atoms with Gasteiger partial charge in [0.25, 0.3) is 0 Å². The predicted octanol–water partition coefficient (Wildman–Crippen LogP) is 2.43. The molecule has 2 heterocycles. The zero-order valence-corrected chi connectivity index (χ0v) is 12.3. The first kappa shape index (κ1) is 13.8. The van der Waals surface area contributed by atoms with E-state index in [-0.39, 0.29) is 11.8 Å². The summed E-state index contributed by atoms with van der Waals surface area (Å²) in [4.78, 5) is 17.5. The molecule has 0 spiro atoms. The molecule has 2 saturated heterocycles. The molecule has 3 nitrogen and oxygen atoms in total. The lowest BCUT2D eigenvalue weighted by Gasteiger charge is -2.26. The Morgan fingerprint density at radius 3 is 2.55 bits per heavy atom. The van der Waals surface area contributed by atoms with Crippen molar-refractivity contribution in [2.75, 3.05) is 26.2 Å². The minimum Gasteiger partial charge on any atom is -0.299 e. The number of benzene rings is 1. The summed E-state index contributed by atoms with van der Waals surface area (Å²) in [7, 11) is 0. The van der Waals surface area contributed by atoms with Gasteiger partial charge in [-0.1, -0.05) is 30.3 Å². The van der Waals surface area contributed by atoms with E-state index in [2.05, 4.69) is 16.7 Å². The van der Waals surface area contributed by atoms with E-state index >= 15 is 0 Å². The fourth-order valence-corrected chi connectivity index (χ4v) is 3.53.